The lowest BCUT2D eigenvalue weighted by molar-refractivity contribution is 0.555. The van der Waals surface area contributed by atoms with E-state index in [-0.39, 0.29) is 5.76 Å². The monoisotopic (exact) mass is 191 g/mol. The van der Waals surface area contributed by atoms with Crippen LogP contribution in [0.3, 0.4) is 0 Å². The van der Waals surface area contributed by atoms with Crippen LogP contribution in [0.2, 0.25) is 0 Å². The Bertz CT molecular complexity index is 481. The van der Waals surface area contributed by atoms with Crippen LogP contribution < -0.4 is 5.76 Å². The van der Waals surface area contributed by atoms with Crippen LogP contribution >= 0.6 is 0 Å². The highest BCUT2D eigenvalue weighted by atomic mass is 16.4. The van der Waals surface area contributed by atoms with E-state index in [1.807, 2.05) is 18.2 Å². The largest absolute Gasteiger partial charge is 0.417 e. The zero-order valence-corrected chi connectivity index (χ0v) is 8.17. The molecule has 2 aromatic rings. The van der Waals surface area contributed by atoms with Crippen molar-refractivity contribution in [3.63, 3.8) is 0 Å². The van der Waals surface area contributed by atoms with Crippen LogP contribution in [0.5, 0.6) is 0 Å². The molecule has 0 radical (unpaired) electrons. The van der Waals surface area contributed by atoms with Crippen LogP contribution in [0.1, 0.15) is 25.3 Å². The molecule has 0 atom stereocenters. The normalized spacial score (nSPS) is 10.9. The number of unbranched alkanes of at least 4 members (excludes halogenated alkanes) is 1. The summed E-state index contributed by atoms with van der Waals surface area (Å²) in [6.07, 6.45) is 3.27. The first-order chi connectivity index (χ1) is 6.81. The fourth-order valence-electron chi connectivity index (χ4n) is 1.61. The van der Waals surface area contributed by atoms with Crippen molar-refractivity contribution in [2.24, 2.45) is 0 Å². The predicted molar refractivity (Wildman–Crippen MR) is 55.4 cm³/mol. The van der Waals surface area contributed by atoms with Crippen LogP contribution in [0.25, 0.3) is 11.1 Å². The topological polar surface area (TPSA) is 46.0 Å². The first-order valence-corrected chi connectivity index (χ1v) is 4.92. The highest BCUT2D eigenvalue weighted by Gasteiger charge is 2.04. The van der Waals surface area contributed by atoms with E-state index in [1.54, 1.807) is 0 Å². The number of nitrogens with one attached hydrogen (secondary N) is 1. The molecule has 0 aliphatic rings. The molecule has 0 bridgehead atoms. The van der Waals surface area contributed by atoms with Gasteiger partial charge in [0.05, 0.1) is 5.52 Å². The molecule has 14 heavy (non-hydrogen) atoms. The molecular weight excluding hydrogens is 178 g/mol. The van der Waals surface area contributed by atoms with Crippen molar-refractivity contribution in [3.8, 4) is 0 Å². The van der Waals surface area contributed by atoms with Crippen molar-refractivity contribution in [2.45, 2.75) is 26.2 Å². The maximum absolute atomic E-state index is 11.0. The summed E-state index contributed by atoms with van der Waals surface area (Å²) >= 11 is 0. The van der Waals surface area contributed by atoms with Crippen molar-refractivity contribution < 1.29 is 4.42 Å². The second kappa shape index (κ2) is 3.70. The van der Waals surface area contributed by atoms with Gasteiger partial charge in [0.25, 0.3) is 0 Å². The molecular formula is C11H13NO2. The van der Waals surface area contributed by atoms with Gasteiger partial charge in [-0.3, -0.25) is 4.98 Å². The molecule has 0 aliphatic carbocycles. The van der Waals surface area contributed by atoms with E-state index >= 15 is 0 Å². The molecule has 0 aliphatic heterocycles. The second-order valence-electron chi connectivity index (χ2n) is 3.41. The van der Waals surface area contributed by atoms with Gasteiger partial charge in [-0.25, -0.2) is 4.79 Å². The maximum Gasteiger partial charge on any atom is 0.417 e. The third kappa shape index (κ3) is 1.58. The summed E-state index contributed by atoms with van der Waals surface area (Å²) in [6.45, 7) is 2.15. The molecule has 0 saturated carbocycles. The number of aryl methyl sites for hydroxylation is 1. The molecule has 0 fully saturated rings. The van der Waals surface area contributed by atoms with Crippen molar-refractivity contribution in [1.82, 2.24) is 4.98 Å². The Balaban J connectivity index is 2.47. The number of oxazole rings is 1. The zero-order valence-electron chi connectivity index (χ0n) is 8.17. The predicted octanol–water partition coefficient (Wildman–Crippen LogP) is 2.46. The lowest BCUT2D eigenvalue weighted by Gasteiger charge is -1.99. The molecule has 0 unspecified atom stereocenters. The Morgan fingerprint density at radius 1 is 1.43 bits per heavy atom. The van der Waals surface area contributed by atoms with Gasteiger partial charge >= 0.3 is 5.76 Å². The van der Waals surface area contributed by atoms with Gasteiger partial charge in [-0.15, -0.1) is 0 Å². The third-order valence-electron chi connectivity index (χ3n) is 2.34. The Morgan fingerprint density at radius 3 is 3.07 bits per heavy atom. The molecule has 1 aromatic heterocycles. The van der Waals surface area contributed by atoms with Crippen LogP contribution in [0, 0.1) is 0 Å². The smallest absolute Gasteiger partial charge is 0.408 e. The highest BCUT2D eigenvalue weighted by molar-refractivity contribution is 5.75. The first kappa shape index (κ1) is 9.06. The number of fused-ring (bicyclic) bond motifs is 1. The SMILES string of the molecule is CCCCc1cccc2oc(=O)[nH]c12. The number of hydrogen-bond acceptors (Lipinski definition) is 2. The van der Waals surface area contributed by atoms with Crippen molar-refractivity contribution in [3.05, 3.63) is 34.3 Å². The fraction of sp³-hybridized carbons (Fsp3) is 0.364. The van der Waals surface area contributed by atoms with Gasteiger partial charge in [0, 0.05) is 0 Å². The van der Waals surface area contributed by atoms with Crippen molar-refractivity contribution in [2.75, 3.05) is 0 Å². The minimum Gasteiger partial charge on any atom is -0.408 e. The molecule has 1 N–H and O–H groups in total. The number of H-pyrrole nitrogens is 1. The molecule has 1 aromatic carbocycles. The standard InChI is InChI=1S/C11H13NO2/c1-2-3-5-8-6-4-7-9-10(8)12-11(13)14-9/h4,6-7H,2-3,5H2,1H3,(H,12,13). The molecule has 3 heteroatoms. The van der Waals surface area contributed by atoms with Gasteiger partial charge < -0.3 is 4.42 Å². The average Bonchev–Trinajstić information content (AvgIpc) is 2.55. The number of benzene rings is 1. The fourth-order valence-corrected chi connectivity index (χ4v) is 1.61. The summed E-state index contributed by atoms with van der Waals surface area (Å²) < 4.78 is 4.98. The maximum atomic E-state index is 11.0. The summed E-state index contributed by atoms with van der Waals surface area (Å²) in [6, 6.07) is 5.76. The summed E-state index contributed by atoms with van der Waals surface area (Å²) in [5.41, 5.74) is 2.67. The minimum absolute atomic E-state index is 0.371. The summed E-state index contributed by atoms with van der Waals surface area (Å²) in [5, 5.41) is 0. The van der Waals surface area contributed by atoms with E-state index in [2.05, 4.69) is 11.9 Å². The van der Waals surface area contributed by atoms with Crippen molar-refractivity contribution >= 4 is 11.1 Å². The summed E-state index contributed by atoms with van der Waals surface area (Å²) in [4.78, 5) is 13.7. The van der Waals surface area contributed by atoms with Gasteiger partial charge in [-0.2, -0.15) is 0 Å². The molecule has 0 spiro atoms. The Labute approximate surface area is 81.7 Å². The average molecular weight is 191 g/mol. The van der Waals surface area contributed by atoms with Gasteiger partial charge in [0.15, 0.2) is 5.58 Å². The van der Waals surface area contributed by atoms with E-state index in [1.165, 1.54) is 0 Å². The lowest BCUT2D eigenvalue weighted by atomic mass is 10.1. The summed E-state index contributed by atoms with van der Waals surface area (Å²) in [7, 11) is 0. The van der Waals surface area contributed by atoms with Gasteiger partial charge in [-0.05, 0) is 24.5 Å². The lowest BCUT2D eigenvalue weighted by Crippen LogP contribution is -1.94. The van der Waals surface area contributed by atoms with Crippen molar-refractivity contribution in [1.29, 1.82) is 0 Å². The van der Waals surface area contributed by atoms with E-state index in [0.717, 1.165) is 30.3 Å². The molecule has 0 amide bonds. The van der Waals surface area contributed by atoms with Gasteiger partial charge in [0.1, 0.15) is 0 Å². The Morgan fingerprint density at radius 2 is 2.29 bits per heavy atom. The number of aromatic nitrogens is 1. The number of aromatic amines is 1. The molecule has 1 heterocycles. The Hall–Kier alpha value is -1.51. The van der Waals surface area contributed by atoms with E-state index in [0.29, 0.717) is 5.58 Å². The number of hydrogen-bond donors (Lipinski definition) is 1. The van der Waals surface area contributed by atoms with E-state index in [9.17, 15) is 4.79 Å². The minimum atomic E-state index is -0.371. The van der Waals surface area contributed by atoms with Gasteiger partial charge in [-0.1, -0.05) is 25.5 Å². The van der Waals surface area contributed by atoms with Crippen LogP contribution in [0.4, 0.5) is 0 Å². The first-order valence-electron chi connectivity index (χ1n) is 4.92. The molecule has 2 rings (SSSR count). The van der Waals surface area contributed by atoms with Crippen LogP contribution in [-0.2, 0) is 6.42 Å². The Kier molecular flexibility index (Phi) is 2.39. The number of rotatable bonds is 3. The molecule has 74 valence electrons. The van der Waals surface area contributed by atoms with E-state index in [4.69, 9.17) is 4.42 Å². The number of para-hydroxylation sites is 1. The third-order valence-corrected chi connectivity index (χ3v) is 2.34. The quantitative estimate of drug-likeness (QED) is 0.810. The summed E-state index contributed by atoms with van der Waals surface area (Å²) in [5.74, 6) is -0.371. The molecule has 3 nitrogen and oxygen atoms in total. The highest BCUT2D eigenvalue weighted by Crippen LogP contribution is 2.16. The van der Waals surface area contributed by atoms with E-state index < -0.39 is 0 Å². The van der Waals surface area contributed by atoms with Gasteiger partial charge in [0.2, 0.25) is 0 Å². The second-order valence-corrected chi connectivity index (χ2v) is 3.41. The molecule has 0 saturated heterocycles. The zero-order chi connectivity index (χ0) is 9.97. The van der Waals surface area contributed by atoms with Crippen LogP contribution in [0.15, 0.2) is 27.4 Å². The van der Waals surface area contributed by atoms with Crippen LogP contribution in [-0.4, -0.2) is 4.98 Å².